The molecule has 0 saturated heterocycles. The molecule has 0 spiro atoms. The molecule has 1 saturated carbocycles. The third-order valence-electron chi connectivity index (χ3n) is 6.65. The monoisotopic (exact) mass is 544 g/mol. The third-order valence-corrected chi connectivity index (χ3v) is 6.65. The van der Waals surface area contributed by atoms with Gasteiger partial charge in [0.1, 0.15) is 17.7 Å². The van der Waals surface area contributed by atoms with E-state index >= 15 is 0 Å². The van der Waals surface area contributed by atoms with E-state index in [9.17, 15) is 19.2 Å². The van der Waals surface area contributed by atoms with Crippen LogP contribution in [0.15, 0.2) is 18.2 Å². The molecule has 0 aromatic heterocycles. The summed E-state index contributed by atoms with van der Waals surface area (Å²) in [6.07, 6.45) is 4.13. The zero-order chi connectivity index (χ0) is 29.5. The van der Waals surface area contributed by atoms with Gasteiger partial charge < -0.3 is 26.0 Å². The van der Waals surface area contributed by atoms with Crippen LogP contribution in [-0.2, 0) is 19.1 Å². The molecule has 2 atom stereocenters. The standard InChI is InChI=1S/C30H48N4O5/c1-19-16-20(2)18-21(17-19)25(26(36)32-22-12-10-9-11-13-22)34(29(3,4)5)27(37)23(14-15-24(31)35)33-28(38)39-30(6,7)8/h16-18,22-23,25H,9-15H2,1-8H3,(H2,31,35)(H,32,36)(H,33,38). The zero-order valence-electron chi connectivity index (χ0n) is 25.0. The van der Waals surface area contributed by atoms with E-state index in [0.717, 1.165) is 43.2 Å². The molecule has 218 valence electrons. The molecular formula is C30H48N4O5. The van der Waals surface area contributed by atoms with Gasteiger partial charge >= 0.3 is 6.09 Å². The van der Waals surface area contributed by atoms with E-state index in [1.54, 1.807) is 20.8 Å². The summed E-state index contributed by atoms with van der Waals surface area (Å²) in [7, 11) is 0. The van der Waals surface area contributed by atoms with Gasteiger partial charge in [-0.2, -0.15) is 0 Å². The van der Waals surface area contributed by atoms with Crippen LogP contribution < -0.4 is 16.4 Å². The van der Waals surface area contributed by atoms with E-state index < -0.39 is 41.1 Å². The number of hydrogen-bond acceptors (Lipinski definition) is 5. The topological polar surface area (TPSA) is 131 Å². The smallest absolute Gasteiger partial charge is 0.408 e. The highest BCUT2D eigenvalue weighted by atomic mass is 16.6. The summed E-state index contributed by atoms with van der Waals surface area (Å²) in [4.78, 5) is 54.2. The number of rotatable bonds is 9. The van der Waals surface area contributed by atoms with Crippen molar-refractivity contribution >= 4 is 23.8 Å². The number of carbonyl (C=O) groups excluding carboxylic acids is 4. The fourth-order valence-corrected chi connectivity index (χ4v) is 5.12. The van der Waals surface area contributed by atoms with Crippen molar-refractivity contribution in [3.05, 3.63) is 34.9 Å². The maximum absolute atomic E-state index is 14.3. The van der Waals surface area contributed by atoms with Crippen molar-refractivity contribution in [3.63, 3.8) is 0 Å². The largest absolute Gasteiger partial charge is 0.444 e. The summed E-state index contributed by atoms with van der Waals surface area (Å²) in [6, 6.07) is 3.83. The van der Waals surface area contributed by atoms with Crippen molar-refractivity contribution in [1.82, 2.24) is 15.5 Å². The predicted octanol–water partition coefficient (Wildman–Crippen LogP) is 4.58. The van der Waals surface area contributed by atoms with Crippen molar-refractivity contribution < 1.29 is 23.9 Å². The molecule has 2 rings (SSSR count). The molecule has 2 unspecified atom stereocenters. The van der Waals surface area contributed by atoms with Gasteiger partial charge in [0.05, 0.1) is 0 Å². The molecule has 1 aromatic carbocycles. The molecule has 0 radical (unpaired) electrons. The number of benzene rings is 1. The number of hydrogen-bond donors (Lipinski definition) is 3. The molecule has 4 N–H and O–H groups in total. The number of carbonyl (C=O) groups is 4. The van der Waals surface area contributed by atoms with Crippen LogP contribution in [0.2, 0.25) is 0 Å². The lowest BCUT2D eigenvalue weighted by atomic mass is 9.91. The van der Waals surface area contributed by atoms with Crippen molar-refractivity contribution in [3.8, 4) is 0 Å². The Morgan fingerprint density at radius 2 is 1.54 bits per heavy atom. The molecule has 1 fully saturated rings. The number of nitrogens with zero attached hydrogens (tertiary/aromatic N) is 1. The van der Waals surface area contributed by atoms with E-state index in [1.165, 1.54) is 4.90 Å². The molecule has 1 aromatic rings. The number of nitrogens with one attached hydrogen (secondary N) is 2. The maximum Gasteiger partial charge on any atom is 0.408 e. The number of nitrogens with two attached hydrogens (primary N) is 1. The van der Waals surface area contributed by atoms with Gasteiger partial charge in [0.15, 0.2) is 0 Å². The fourth-order valence-electron chi connectivity index (χ4n) is 5.12. The van der Waals surface area contributed by atoms with Crippen LogP contribution in [0.4, 0.5) is 4.79 Å². The molecule has 9 heteroatoms. The highest BCUT2D eigenvalue weighted by Gasteiger charge is 2.42. The van der Waals surface area contributed by atoms with Gasteiger partial charge in [0, 0.05) is 18.0 Å². The van der Waals surface area contributed by atoms with Crippen molar-refractivity contribution in [2.45, 2.75) is 130 Å². The molecular weight excluding hydrogens is 496 g/mol. The second-order valence-corrected chi connectivity index (χ2v) is 12.7. The Balaban J connectivity index is 2.56. The van der Waals surface area contributed by atoms with Gasteiger partial charge in [-0.25, -0.2) is 4.79 Å². The lowest BCUT2D eigenvalue weighted by molar-refractivity contribution is -0.149. The Hall–Kier alpha value is -3.10. The van der Waals surface area contributed by atoms with Gasteiger partial charge in [0.2, 0.25) is 17.7 Å². The van der Waals surface area contributed by atoms with Crippen molar-refractivity contribution in [1.29, 1.82) is 0 Å². The van der Waals surface area contributed by atoms with E-state index in [4.69, 9.17) is 10.5 Å². The van der Waals surface area contributed by atoms with Crippen molar-refractivity contribution in [2.24, 2.45) is 5.73 Å². The molecule has 0 heterocycles. The normalized spacial score (nSPS) is 16.1. The molecule has 0 bridgehead atoms. The summed E-state index contributed by atoms with van der Waals surface area (Å²) in [5.41, 5.74) is 6.43. The molecule has 1 aliphatic rings. The highest BCUT2D eigenvalue weighted by Crippen LogP contribution is 2.32. The van der Waals surface area contributed by atoms with E-state index in [1.807, 2.05) is 52.8 Å². The first-order chi connectivity index (χ1) is 18.0. The minimum absolute atomic E-state index is 0.0240. The van der Waals surface area contributed by atoms with E-state index in [-0.39, 0.29) is 24.8 Å². The third kappa shape index (κ3) is 10.2. The van der Waals surface area contributed by atoms with Crippen LogP contribution in [0.1, 0.15) is 109 Å². The van der Waals surface area contributed by atoms with Crippen LogP contribution in [0.5, 0.6) is 0 Å². The Kier molecular flexibility index (Phi) is 11.0. The first kappa shape index (κ1) is 32.1. The minimum Gasteiger partial charge on any atom is -0.444 e. The van der Waals surface area contributed by atoms with Crippen LogP contribution >= 0.6 is 0 Å². The first-order valence-corrected chi connectivity index (χ1v) is 14.0. The van der Waals surface area contributed by atoms with Gasteiger partial charge in [-0.1, -0.05) is 48.6 Å². The maximum atomic E-state index is 14.3. The summed E-state index contributed by atoms with van der Waals surface area (Å²) >= 11 is 0. The predicted molar refractivity (Wildman–Crippen MR) is 152 cm³/mol. The molecule has 0 aliphatic heterocycles. The van der Waals surface area contributed by atoms with E-state index in [2.05, 4.69) is 10.6 Å². The quantitative estimate of drug-likeness (QED) is 0.419. The van der Waals surface area contributed by atoms with Gasteiger partial charge in [-0.15, -0.1) is 0 Å². The summed E-state index contributed by atoms with van der Waals surface area (Å²) in [6.45, 7) is 14.6. The van der Waals surface area contributed by atoms with Gasteiger partial charge in [0.25, 0.3) is 0 Å². The fraction of sp³-hybridized carbons (Fsp3) is 0.667. The van der Waals surface area contributed by atoms with Crippen LogP contribution in [0.25, 0.3) is 0 Å². The van der Waals surface area contributed by atoms with Crippen molar-refractivity contribution in [2.75, 3.05) is 0 Å². The summed E-state index contributed by atoms with van der Waals surface area (Å²) in [5.74, 6) is -1.35. The lowest BCUT2D eigenvalue weighted by Gasteiger charge is -2.43. The van der Waals surface area contributed by atoms with Crippen LogP contribution in [-0.4, -0.2) is 51.9 Å². The van der Waals surface area contributed by atoms with Gasteiger partial charge in [-0.05, 0) is 80.2 Å². The number of alkyl carbamates (subject to hydrolysis) is 1. The number of ether oxygens (including phenoxy) is 1. The highest BCUT2D eigenvalue weighted by molar-refractivity contribution is 5.93. The Labute approximate surface area is 233 Å². The summed E-state index contributed by atoms with van der Waals surface area (Å²) < 4.78 is 5.40. The average Bonchev–Trinajstić information content (AvgIpc) is 2.77. The second-order valence-electron chi connectivity index (χ2n) is 12.7. The zero-order valence-corrected chi connectivity index (χ0v) is 25.0. The average molecular weight is 545 g/mol. The number of primary amides is 1. The number of amides is 4. The van der Waals surface area contributed by atoms with Gasteiger partial charge in [-0.3, -0.25) is 14.4 Å². The summed E-state index contributed by atoms with van der Waals surface area (Å²) in [5, 5.41) is 5.84. The molecule has 9 nitrogen and oxygen atoms in total. The Bertz CT molecular complexity index is 1010. The van der Waals surface area contributed by atoms with Crippen LogP contribution in [0, 0.1) is 13.8 Å². The Morgan fingerprint density at radius 1 is 0.974 bits per heavy atom. The van der Waals surface area contributed by atoms with E-state index in [0.29, 0.717) is 5.56 Å². The van der Waals surface area contributed by atoms with Crippen LogP contribution in [0.3, 0.4) is 0 Å². The minimum atomic E-state index is -1.12. The molecule has 1 aliphatic carbocycles. The number of aryl methyl sites for hydroxylation is 2. The molecule has 39 heavy (non-hydrogen) atoms. The first-order valence-electron chi connectivity index (χ1n) is 14.0. The molecule has 4 amide bonds. The Morgan fingerprint density at radius 3 is 2.03 bits per heavy atom. The lowest BCUT2D eigenvalue weighted by Crippen LogP contribution is -2.59. The SMILES string of the molecule is Cc1cc(C)cc(C(C(=O)NC2CCCCC2)N(C(=O)C(CCC(N)=O)NC(=O)OC(C)(C)C)C(C)(C)C)c1. The second kappa shape index (κ2) is 13.3.